The fourth-order valence-corrected chi connectivity index (χ4v) is 5.05. The number of carbonyl (C=O) groups excluding carboxylic acids is 1. The Balaban J connectivity index is 1.99. The van der Waals surface area contributed by atoms with Gasteiger partial charge in [-0.2, -0.15) is 0 Å². The molecule has 2 atom stereocenters. The fraction of sp³-hybridized carbons (Fsp3) is 0.765. The highest BCUT2D eigenvalue weighted by Crippen LogP contribution is 2.38. The summed E-state index contributed by atoms with van der Waals surface area (Å²) < 4.78 is 1.05. The molecule has 1 amide bonds. The van der Waals surface area contributed by atoms with Crippen molar-refractivity contribution in [3.05, 3.63) is 10.6 Å². The highest BCUT2D eigenvalue weighted by atomic mass is 32.2. The highest BCUT2D eigenvalue weighted by molar-refractivity contribution is 8.00. The van der Waals surface area contributed by atoms with Crippen LogP contribution in [0.1, 0.15) is 57.0 Å². The molecule has 1 N–H and O–H groups in total. The van der Waals surface area contributed by atoms with Crippen LogP contribution in [0, 0.1) is 18.3 Å². The number of thiazole rings is 1. The Bertz CT molecular complexity index is 519. The van der Waals surface area contributed by atoms with Gasteiger partial charge in [-0.15, -0.1) is 11.3 Å². The number of rotatable bonds is 4. The summed E-state index contributed by atoms with van der Waals surface area (Å²) in [7, 11) is 0. The first kappa shape index (κ1) is 17.8. The third-order valence-electron chi connectivity index (χ3n) is 4.59. The van der Waals surface area contributed by atoms with Crippen LogP contribution < -0.4 is 5.32 Å². The molecule has 1 aromatic heterocycles. The largest absolute Gasteiger partial charge is 0.353 e. The SMILES string of the molecule is CSc1nc(C)c(CC(=O)N[C@@H]2CCCC[C@H]2C(C)(C)C)s1. The van der Waals surface area contributed by atoms with Crippen LogP contribution in [-0.2, 0) is 11.2 Å². The van der Waals surface area contributed by atoms with Gasteiger partial charge in [0.2, 0.25) is 5.91 Å². The predicted molar refractivity (Wildman–Crippen MR) is 95.7 cm³/mol. The first-order chi connectivity index (χ1) is 10.3. The van der Waals surface area contributed by atoms with E-state index in [2.05, 4.69) is 31.1 Å². The third kappa shape index (κ3) is 4.48. The lowest BCUT2D eigenvalue weighted by atomic mass is 9.69. The van der Waals surface area contributed by atoms with Crippen molar-refractivity contribution in [2.45, 2.75) is 70.2 Å². The van der Waals surface area contributed by atoms with Gasteiger partial charge in [0.05, 0.1) is 12.1 Å². The van der Waals surface area contributed by atoms with Crippen molar-refractivity contribution in [2.24, 2.45) is 11.3 Å². The average molecular weight is 341 g/mol. The van der Waals surface area contributed by atoms with Gasteiger partial charge < -0.3 is 5.32 Å². The van der Waals surface area contributed by atoms with E-state index in [4.69, 9.17) is 0 Å². The number of carbonyl (C=O) groups is 1. The van der Waals surface area contributed by atoms with E-state index >= 15 is 0 Å². The summed E-state index contributed by atoms with van der Waals surface area (Å²) in [6, 6.07) is 0.328. The molecular formula is C17H28N2OS2. The Morgan fingerprint density at radius 1 is 1.36 bits per heavy atom. The second kappa shape index (κ2) is 7.35. The second-order valence-electron chi connectivity index (χ2n) is 7.30. The van der Waals surface area contributed by atoms with E-state index in [1.807, 2.05) is 13.2 Å². The lowest BCUT2D eigenvalue weighted by Crippen LogP contribution is -2.47. The van der Waals surface area contributed by atoms with Crippen LogP contribution in [0.25, 0.3) is 0 Å². The van der Waals surface area contributed by atoms with Gasteiger partial charge in [0.25, 0.3) is 0 Å². The van der Waals surface area contributed by atoms with Crippen LogP contribution in [0.4, 0.5) is 0 Å². The first-order valence-corrected chi connectivity index (χ1v) is 10.1. The Hall–Kier alpha value is -0.550. The number of aromatic nitrogens is 1. The third-order valence-corrected chi connectivity index (χ3v) is 6.74. The number of aryl methyl sites for hydroxylation is 1. The van der Waals surface area contributed by atoms with Crippen LogP contribution in [0.2, 0.25) is 0 Å². The summed E-state index contributed by atoms with van der Waals surface area (Å²) in [6.07, 6.45) is 7.36. The molecule has 1 aliphatic rings. The van der Waals surface area contributed by atoms with E-state index in [0.717, 1.165) is 21.3 Å². The fourth-order valence-electron chi connectivity index (χ4n) is 3.40. The molecule has 22 heavy (non-hydrogen) atoms. The molecule has 0 aliphatic heterocycles. The van der Waals surface area contributed by atoms with Gasteiger partial charge in [-0.1, -0.05) is 45.4 Å². The Morgan fingerprint density at radius 3 is 2.64 bits per heavy atom. The van der Waals surface area contributed by atoms with Crippen molar-refractivity contribution in [3.8, 4) is 0 Å². The van der Waals surface area contributed by atoms with Gasteiger partial charge in [0.15, 0.2) is 0 Å². The van der Waals surface area contributed by atoms with Gasteiger partial charge in [-0.05, 0) is 37.4 Å². The molecule has 1 aromatic rings. The van der Waals surface area contributed by atoms with Gasteiger partial charge in [-0.25, -0.2) is 4.98 Å². The standard InChI is InChI=1S/C17H28N2OS2/c1-11-14(22-16(18-11)21-5)10-15(20)19-13-9-7-6-8-12(13)17(2,3)4/h12-13H,6-10H2,1-5H3,(H,19,20)/t12-,13-/m1/s1. The van der Waals surface area contributed by atoms with E-state index in [0.29, 0.717) is 18.4 Å². The molecule has 0 spiro atoms. The first-order valence-electron chi connectivity index (χ1n) is 8.11. The Kier molecular flexibility index (Phi) is 5.94. The molecule has 3 nitrogen and oxygen atoms in total. The zero-order valence-electron chi connectivity index (χ0n) is 14.4. The van der Waals surface area contributed by atoms with Crippen LogP contribution in [0.5, 0.6) is 0 Å². The monoisotopic (exact) mass is 340 g/mol. The minimum atomic E-state index is 0.153. The van der Waals surface area contributed by atoms with Crippen molar-refractivity contribution in [1.29, 1.82) is 0 Å². The van der Waals surface area contributed by atoms with Gasteiger partial charge in [0, 0.05) is 10.9 Å². The predicted octanol–water partition coefficient (Wildman–Crippen LogP) is 4.44. The Labute approximate surface area is 142 Å². The number of thioether (sulfide) groups is 1. The summed E-state index contributed by atoms with van der Waals surface area (Å²) in [4.78, 5) is 18.1. The number of amides is 1. The zero-order valence-corrected chi connectivity index (χ0v) is 16.0. The van der Waals surface area contributed by atoms with Gasteiger partial charge in [-0.3, -0.25) is 4.79 Å². The van der Waals surface area contributed by atoms with Crippen LogP contribution in [0.3, 0.4) is 0 Å². The molecular weight excluding hydrogens is 312 g/mol. The number of nitrogens with zero attached hydrogens (tertiary/aromatic N) is 1. The smallest absolute Gasteiger partial charge is 0.225 e. The summed E-state index contributed by atoms with van der Waals surface area (Å²) in [5.41, 5.74) is 1.26. The molecule has 1 saturated carbocycles. The number of hydrogen-bond acceptors (Lipinski definition) is 4. The molecule has 5 heteroatoms. The van der Waals surface area contributed by atoms with E-state index in [1.165, 1.54) is 19.3 Å². The van der Waals surface area contributed by atoms with Crippen molar-refractivity contribution in [3.63, 3.8) is 0 Å². The molecule has 1 heterocycles. The summed E-state index contributed by atoms with van der Waals surface area (Å²) in [5, 5.41) is 3.31. The molecule has 0 saturated heterocycles. The maximum absolute atomic E-state index is 12.5. The zero-order chi connectivity index (χ0) is 16.3. The van der Waals surface area contributed by atoms with E-state index in [-0.39, 0.29) is 11.3 Å². The lowest BCUT2D eigenvalue weighted by molar-refractivity contribution is -0.122. The summed E-state index contributed by atoms with van der Waals surface area (Å²) in [6.45, 7) is 8.87. The minimum absolute atomic E-state index is 0.153. The molecule has 0 unspecified atom stereocenters. The summed E-state index contributed by atoms with van der Waals surface area (Å²) in [5.74, 6) is 0.732. The van der Waals surface area contributed by atoms with Gasteiger partial charge in [0.1, 0.15) is 4.34 Å². The Morgan fingerprint density at radius 2 is 2.05 bits per heavy atom. The van der Waals surface area contributed by atoms with Crippen LogP contribution >= 0.6 is 23.1 Å². The van der Waals surface area contributed by atoms with E-state index in [9.17, 15) is 4.79 Å². The molecule has 0 bridgehead atoms. The topological polar surface area (TPSA) is 42.0 Å². The van der Waals surface area contributed by atoms with Crippen molar-refractivity contribution >= 4 is 29.0 Å². The maximum Gasteiger partial charge on any atom is 0.225 e. The van der Waals surface area contributed by atoms with Crippen molar-refractivity contribution in [1.82, 2.24) is 10.3 Å². The summed E-state index contributed by atoms with van der Waals surface area (Å²) >= 11 is 3.29. The minimum Gasteiger partial charge on any atom is -0.353 e. The average Bonchev–Trinajstić information content (AvgIpc) is 2.78. The molecule has 124 valence electrons. The van der Waals surface area contributed by atoms with Gasteiger partial charge >= 0.3 is 0 Å². The number of hydrogen-bond donors (Lipinski definition) is 1. The quantitative estimate of drug-likeness (QED) is 0.824. The van der Waals surface area contributed by atoms with E-state index < -0.39 is 0 Å². The van der Waals surface area contributed by atoms with Crippen LogP contribution in [-0.4, -0.2) is 23.2 Å². The van der Waals surface area contributed by atoms with Crippen molar-refractivity contribution < 1.29 is 4.79 Å². The molecule has 2 rings (SSSR count). The number of nitrogens with one attached hydrogen (secondary N) is 1. The second-order valence-corrected chi connectivity index (χ2v) is 9.44. The van der Waals surface area contributed by atoms with Crippen molar-refractivity contribution in [2.75, 3.05) is 6.26 Å². The van der Waals surface area contributed by atoms with Crippen LogP contribution in [0.15, 0.2) is 4.34 Å². The van der Waals surface area contributed by atoms with E-state index in [1.54, 1.807) is 23.1 Å². The molecule has 1 fully saturated rings. The maximum atomic E-state index is 12.5. The highest BCUT2D eigenvalue weighted by Gasteiger charge is 2.34. The molecule has 0 aromatic carbocycles. The molecule has 0 radical (unpaired) electrons. The molecule has 1 aliphatic carbocycles. The lowest BCUT2D eigenvalue weighted by Gasteiger charge is -2.40. The normalized spacial score (nSPS) is 22.6.